The van der Waals surface area contributed by atoms with Crippen LogP contribution in [0.2, 0.25) is 0 Å². The molecule has 0 amide bonds. The van der Waals surface area contributed by atoms with E-state index in [0.29, 0.717) is 23.4 Å². The Hall–Kier alpha value is -1.63. The maximum Gasteiger partial charge on any atom is 0.248 e. The van der Waals surface area contributed by atoms with E-state index in [1.54, 1.807) is 23.0 Å². The summed E-state index contributed by atoms with van der Waals surface area (Å²) in [6, 6.07) is 2.93. The first-order valence-corrected chi connectivity index (χ1v) is 6.68. The summed E-state index contributed by atoms with van der Waals surface area (Å²) >= 11 is 0. The average molecular weight is 280 g/mol. The van der Waals surface area contributed by atoms with E-state index >= 15 is 0 Å². The van der Waals surface area contributed by atoms with E-state index in [1.165, 1.54) is 0 Å². The normalized spacial score (nSPS) is 13.2. The number of rotatable bonds is 6. The Labute approximate surface area is 117 Å². The molecule has 0 aromatic carbocycles. The number of hydrogen-bond donors (Lipinski definition) is 1. The molecular formula is C14H20N2O4. The van der Waals surface area contributed by atoms with E-state index < -0.39 is 6.04 Å². The quantitative estimate of drug-likeness (QED) is 0.499. The molecule has 2 heterocycles. The van der Waals surface area contributed by atoms with E-state index in [-0.39, 0.29) is 18.4 Å². The predicted molar refractivity (Wildman–Crippen MR) is 74.1 cm³/mol. The highest BCUT2D eigenvalue weighted by molar-refractivity contribution is 5.94. The van der Waals surface area contributed by atoms with Gasteiger partial charge in [0.1, 0.15) is 6.61 Å². The molecule has 20 heavy (non-hydrogen) atoms. The van der Waals surface area contributed by atoms with Crippen molar-refractivity contribution in [1.82, 2.24) is 4.57 Å². The zero-order valence-corrected chi connectivity index (χ0v) is 12.0. The van der Waals surface area contributed by atoms with Gasteiger partial charge in [-0.25, -0.2) is 9.78 Å². The van der Waals surface area contributed by atoms with Crippen LogP contribution in [0.3, 0.4) is 0 Å². The number of furan rings is 1. The lowest BCUT2D eigenvalue weighted by Crippen LogP contribution is -2.39. The molecule has 1 unspecified atom stereocenters. The molecule has 1 atom stereocenters. The van der Waals surface area contributed by atoms with Gasteiger partial charge < -0.3 is 10.2 Å². The van der Waals surface area contributed by atoms with Crippen molar-refractivity contribution in [3.05, 3.63) is 24.1 Å². The molecule has 2 aromatic heterocycles. The molecule has 0 aliphatic heterocycles. The van der Waals surface area contributed by atoms with Crippen LogP contribution in [0.25, 0.3) is 11.1 Å². The van der Waals surface area contributed by atoms with Crippen LogP contribution >= 0.6 is 0 Å². The number of carbonyl (C=O) groups is 1. The molecule has 0 saturated heterocycles. The van der Waals surface area contributed by atoms with E-state index in [4.69, 9.17) is 19.9 Å². The van der Waals surface area contributed by atoms with Crippen LogP contribution in [0.4, 0.5) is 0 Å². The van der Waals surface area contributed by atoms with Crippen molar-refractivity contribution in [3.8, 4) is 0 Å². The van der Waals surface area contributed by atoms with Crippen LogP contribution in [0.1, 0.15) is 31.3 Å². The fraction of sp³-hybridized carbons (Fsp3) is 0.500. The summed E-state index contributed by atoms with van der Waals surface area (Å²) in [5.41, 5.74) is 7.95. The lowest BCUT2D eigenvalue weighted by atomic mass is 10.0. The van der Waals surface area contributed by atoms with Crippen LogP contribution in [-0.2, 0) is 16.4 Å². The fourth-order valence-corrected chi connectivity index (χ4v) is 1.96. The van der Waals surface area contributed by atoms with Crippen molar-refractivity contribution in [1.29, 1.82) is 0 Å². The molecule has 0 fully saturated rings. The Morgan fingerprint density at radius 2 is 2.20 bits per heavy atom. The number of carbonyl (C=O) groups excluding carboxylic acids is 1. The third-order valence-corrected chi connectivity index (χ3v) is 3.13. The molecule has 0 aliphatic rings. The summed E-state index contributed by atoms with van der Waals surface area (Å²) in [6.45, 7) is 6.25. The first-order valence-electron chi connectivity index (χ1n) is 6.68. The summed E-state index contributed by atoms with van der Waals surface area (Å²) in [7, 11) is 0. The number of nitrogens with zero attached hydrogens (tertiary/aromatic N) is 1. The fourth-order valence-electron chi connectivity index (χ4n) is 1.96. The van der Waals surface area contributed by atoms with Gasteiger partial charge >= 0.3 is 0 Å². The summed E-state index contributed by atoms with van der Waals surface area (Å²) < 4.78 is 6.87. The summed E-state index contributed by atoms with van der Waals surface area (Å²) in [6.07, 6.45) is 1.54. The Morgan fingerprint density at radius 1 is 1.45 bits per heavy atom. The molecule has 2 N–H and O–H groups in total. The van der Waals surface area contributed by atoms with Crippen LogP contribution in [0.5, 0.6) is 0 Å². The molecule has 0 spiro atoms. The maximum absolute atomic E-state index is 12.5. The third-order valence-electron chi connectivity index (χ3n) is 3.13. The SMILES string of the molecule is CCOOCc1cc2occc2n1C(=O)C(N)C(C)C. The average Bonchev–Trinajstić information content (AvgIpc) is 2.97. The second-order valence-corrected chi connectivity index (χ2v) is 4.92. The molecule has 2 aromatic rings. The highest BCUT2D eigenvalue weighted by Crippen LogP contribution is 2.23. The van der Waals surface area contributed by atoms with Crippen molar-refractivity contribution in [2.24, 2.45) is 11.7 Å². The number of fused-ring (bicyclic) bond motifs is 1. The van der Waals surface area contributed by atoms with Crippen molar-refractivity contribution < 1.29 is 19.0 Å². The van der Waals surface area contributed by atoms with Crippen molar-refractivity contribution >= 4 is 17.0 Å². The largest absolute Gasteiger partial charge is 0.463 e. The highest BCUT2D eigenvalue weighted by Gasteiger charge is 2.24. The second kappa shape index (κ2) is 6.21. The summed E-state index contributed by atoms with van der Waals surface area (Å²) in [4.78, 5) is 22.4. The molecule has 6 nitrogen and oxygen atoms in total. The van der Waals surface area contributed by atoms with Crippen molar-refractivity contribution in [2.75, 3.05) is 6.61 Å². The minimum atomic E-state index is -0.577. The van der Waals surface area contributed by atoms with Crippen LogP contribution in [0.15, 0.2) is 22.8 Å². The zero-order valence-electron chi connectivity index (χ0n) is 12.0. The topological polar surface area (TPSA) is 79.6 Å². The molecule has 110 valence electrons. The van der Waals surface area contributed by atoms with E-state index in [9.17, 15) is 4.79 Å². The lowest BCUT2D eigenvalue weighted by Gasteiger charge is -2.17. The molecular weight excluding hydrogens is 260 g/mol. The maximum atomic E-state index is 12.5. The number of hydrogen-bond acceptors (Lipinski definition) is 5. The van der Waals surface area contributed by atoms with E-state index in [0.717, 1.165) is 0 Å². The molecule has 0 aliphatic carbocycles. The third kappa shape index (κ3) is 2.77. The monoisotopic (exact) mass is 280 g/mol. The Balaban J connectivity index is 2.35. The van der Waals surface area contributed by atoms with Gasteiger partial charge in [-0.05, 0) is 12.8 Å². The number of aromatic nitrogens is 1. The lowest BCUT2D eigenvalue weighted by molar-refractivity contribution is -0.301. The molecule has 0 saturated carbocycles. The van der Waals surface area contributed by atoms with E-state index in [1.807, 2.05) is 20.8 Å². The molecule has 0 radical (unpaired) electrons. The Morgan fingerprint density at radius 3 is 2.85 bits per heavy atom. The summed E-state index contributed by atoms with van der Waals surface area (Å²) in [5, 5.41) is 0. The first kappa shape index (κ1) is 14.8. The second-order valence-electron chi connectivity index (χ2n) is 4.92. The van der Waals surface area contributed by atoms with Gasteiger partial charge in [0.05, 0.1) is 30.1 Å². The number of nitrogens with two attached hydrogens (primary N) is 1. The van der Waals surface area contributed by atoms with Crippen LogP contribution in [-0.4, -0.2) is 23.1 Å². The van der Waals surface area contributed by atoms with E-state index in [2.05, 4.69) is 0 Å². The van der Waals surface area contributed by atoms with Gasteiger partial charge in [-0.1, -0.05) is 13.8 Å². The van der Waals surface area contributed by atoms with Crippen LogP contribution < -0.4 is 5.73 Å². The molecule has 0 bridgehead atoms. The van der Waals surface area contributed by atoms with Gasteiger partial charge in [-0.15, -0.1) is 0 Å². The standard InChI is InChI=1S/C14H20N2O4/c1-4-19-20-8-10-7-12-11(5-6-18-12)16(10)14(17)13(15)9(2)3/h5-7,9,13H,4,8,15H2,1-3H3. The molecule has 2 rings (SSSR count). The summed E-state index contributed by atoms with van der Waals surface area (Å²) in [5.74, 6) is -0.126. The minimum Gasteiger partial charge on any atom is -0.463 e. The molecule has 6 heteroatoms. The Bertz CT molecular complexity index is 585. The van der Waals surface area contributed by atoms with Gasteiger partial charge in [0.25, 0.3) is 0 Å². The van der Waals surface area contributed by atoms with Gasteiger partial charge in [-0.3, -0.25) is 9.36 Å². The van der Waals surface area contributed by atoms with Gasteiger partial charge in [-0.2, -0.15) is 0 Å². The highest BCUT2D eigenvalue weighted by atomic mass is 17.2. The van der Waals surface area contributed by atoms with Crippen molar-refractivity contribution in [2.45, 2.75) is 33.4 Å². The first-order chi connectivity index (χ1) is 9.56. The minimum absolute atomic E-state index is 0.0486. The van der Waals surface area contributed by atoms with Gasteiger partial charge in [0.15, 0.2) is 5.58 Å². The van der Waals surface area contributed by atoms with Crippen molar-refractivity contribution in [3.63, 3.8) is 0 Å². The predicted octanol–water partition coefficient (Wildman–Crippen LogP) is 2.33. The van der Waals surface area contributed by atoms with Crippen LogP contribution in [0, 0.1) is 5.92 Å². The Kier molecular flexibility index (Phi) is 4.59. The smallest absolute Gasteiger partial charge is 0.248 e. The van der Waals surface area contributed by atoms with Gasteiger partial charge in [0.2, 0.25) is 5.91 Å². The van der Waals surface area contributed by atoms with Gasteiger partial charge in [0, 0.05) is 12.1 Å². The zero-order chi connectivity index (χ0) is 14.7.